The molecular formula is C10H6ClF3N2. The zero-order valence-corrected chi connectivity index (χ0v) is 8.68. The molecule has 0 aliphatic heterocycles. The van der Waals surface area contributed by atoms with Gasteiger partial charge in [-0.2, -0.15) is 13.2 Å². The van der Waals surface area contributed by atoms with Gasteiger partial charge in [-0.3, -0.25) is 0 Å². The summed E-state index contributed by atoms with van der Waals surface area (Å²) in [5.74, 6) is 0. The predicted octanol–water partition coefficient (Wildman–Crippen LogP) is 3.39. The minimum absolute atomic E-state index is 0.0384. The first-order valence-corrected chi connectivity index (χ1v) is 4.78. The maximum absolute atomic E-state index is 12.2. The predicted molar refractivity (Wildman–Crippen MR) is 54.3 cm³/mol. The number of rotatable bonds is 1. The van der Waals surface area contributed by atoms with E-state index in [0.29, 0.717) is 10.9 Å². The van der Waals surface area contributed by atoms with Crippen molar-refractivity contribution in [2.45, 2.75) is 12.6 Å². The molecule has 84 valence electrons. The Morgan fingerprint density at radius 1 is 1.25 bits per heavy atom. The van der Waals surface area contributed by atoms with Gasteiger partial charge in [-0.1, -0.05) is 11.6 Å². The molecule has 1 aromatic carbocycles. The highest BCUT2D eigenvalue weighted by atomic mass is 35.5. The van der Waals surface area contributed by atoms with E-state index in [2.05, 4.69) is 9.97 Å². The van der Waals surface area contributed by atoms with E-state index < -0.39 is 12.6 Å². The second-order valence-electron chi connectivity index (χ2n) is 3.32. The Bertz CT molecular complexity index is 525. The fraction of sp³-hybridized carbons (Fsp3) is 0.200. The highest BCUT2D eigenvalue weighted by Crippen LogP contribution is 2.28. The average molecular weight is 247 g/mol. The number of aromatic nitrogens is 2. The van der Waals surface area contributed by atoms with E-state index in [4.69, 9.17) is 11.6 Å². The molecule has 0 spiro atoms. The van der Waals surface area contributed by atoms with Crippen molar-refractivity contribution in [1.29, 1.82) is 0 Å². The van der Waals surface area contributed by atoms with E-state index in [-0.39, 0.29) is 10.6 Å². The van der Waals surface area contributed by atoms with Crippen LogP contribution in [-0.2, 0) is 6.42 Å². The molecule has 1 aromatic heterocycles. The summed E-state index contributed by atoms with van der Waals surface area (Å²) in [5, 5.41) is 0.620. The number of nitrogens with zero attached hydrogens (tertiary/aromatic N) is 2. The van der Waals surface area contributed by atoms with Gasteiger partial charge in [0.15, 0.2) is 0 Å². The number of alkyl halides is 3. The average Bonchev–Trinajstić information content (AvgIpc) is 2.17. The Morgan fingerprint density at radius 2 is 2.00 bits per heavy atom. The van der Waals surface area contributed by atoms with Crippen molar-refractivity contribution < 1.29 is 13.2 Å². The van der Waals surface area contributed by atoms with Gasteiger partial charge < -0.3 is 0 Å². The summed E-state index contributed by atoms with van der Waals surface area (Å²) in [6.07, 6.45) is -2.54. The van der Waals surface area contributed by atoms with Crippen LogP contribution in [-0.4, -0.2) is 16.1 Å². The van der Waals surface area contributed by atoms with Crippen LogP contribution in [0, 0.1) is 0 Å². The quantitative estimate of drug-likeness (QED) is 0.771. The van der Waals surface area contributed by atoms with Crippen LogP contribution < -0.4 is 0 Å². The molecule has 0 aliphatic carbocycles. The number of hydrogen-bond acceptors (Lipinski definition) is 2. The monoisotopic (exact) mass is 246 g/mol. The lowest BCUT2D eigenvalue weighted by molar-refractivity contribution is -0.127. The van der Waals surface area contributed by atoms with Crippen molar-refractivity contribution in [2.75, 3.05) is 0 Å². The lowest BCUT2D eigenvalue weighted by Gasteiger charge is -2.08. The largest absolute Gasteiger partial charge is 0.393 e. The number of halogens is 4. The van der Waals surface area contributed by atoms with Crippen LogP contribution in [0.1, 0.15) is 5.56 Å². The lowest BCUT2D eigenvalue weighted by atomic mass is 10.1. The minimum Gasteiger partial charge on any atom is -0.244 e. The third-order valence-corrected chi connectivity index (χ3v) is 2.42. The van der Waals surface area contributed by atoms with Crippen molar-refractivity contribution in [1.82, 2.24) is 9.97 Å². The Balaban J connectivity index is 2.50. The van der Waals surface area contributed by atoms with Crippen LogP contribution in [0.3, 0.4) is 0 Å². The van der Waals surface area contributed by atoms with E-state index in [9.17, 15) is 13.2 Å². The number of fused-ring (bicyclic) bond motifs is 1. The Morgan fingerprint density at radius 3 is 2.69 bits per heavy atom. The lowest BCUT2D eigenvalue weighted by Crippen LogP contribution is -2.11. The van der Waals surface area contributed by atoms with Crippen molar-refractivity contribution in [3.63, 3.8) is 0 Å². The van der Waals surface area contributed by atoms with Crippen LogP contribution >= 0.6 is 11.6 Å². The van der Waals surface area contributed by atoms with Gasteiger partial charge in [0.2, 0.25) is 0 Å². The summed E-state index contributed by atoms with van der Waals surface area (Å²) in [5.41, 5.74) is 0.572. The number of hydrogen-bond donors (Lipinski definition) is 0. The zero-order chi connectivity index (χ0) is 11.8. The minimum atomic E-state index is -4.27. The molecule has 0 saturated carbocycles. The molecule has 16 heavy (non-hydrogen) atoms. The van der Waals surface area contributed by atoms with Gasteiger partial charge in [-0.25, -0.2) is 9.97 Å². The molecule has 6 heteroatoms. The van der Waals surface area contributed by atoms with E-state index >= 15 is 0 Å². The summed E-state index contributed by atoms with van der Waals surface area (Å²) >= 11 is 5.75. The smallest absolute Gasteiger partial charge is 0.244 e. The molecule has 0 amide bonds. The van der Waals surface area contributed by atoms with Crippen LogP contribution in [0.25, 0.3) is 10.9 Å². The van der Waals surface area contributed by atoms with Crippen molar-refractivity contribution in [3.05, 3.63) is 35.2 Å². The van der Waals surface area contributed by atoms with Gasteiger partial charge in [0.25, 0.3) is 0 Å². The van der Waals surface area contributed by atoms with Crippen LogP contribution in [0.4, 0.5) is 13.2 Å². The maximum atomic E-state index is 12.2. The molecule has 0 radical (unpaired) electrons. The number of benzene rings is 1. The molecule has 2 aromatic rings. The van der Waals surface area contributed by atoms with Gasteiger partial charge in [0, 0.05) is 16.6 Å². The highest BCUT2D eigenvalue weighted by Gasteiger charge is 2.28. The van der Waals surface area contributed by atoms with Crippen LogP contribution in [0.15, 0.2) is 24.7 Å². The highest BCUT2D eigenvalue weighted by molar-refractivity contribution is 6.32. The topological polar surface area (TPSA) is 25.8 Å². The second-order valence-corrected chi connectivity index (χ2v) is 3.72. The molecule has 1 heterocycles. The first kappa shape index (κ1) is 11.1. The third kappa shape index (κ3) is 2.41. The maximum Gasteiger partial charge on any atom is 0.393 e. The van der Waals surface area contributed by atoms with Gasteiger partial charge in [0.1, 0.15) is 6.33 Å². The van der Waals surface area contributed by atoms with Gasteiger partial charge in [-0.15, -0.1) is 0 Å². The van der Waals surface area contributed by atoms with Gasteiger partial charge in [0.05, 0.1) is 11.9 Å². The Labute approximate surface area is 94.1 Å². The summed E-state index contributed by atoms with van der Waals surface area (Å²) in [6, 6.07) is 2.78. The Kier molecular flexibility index (Phi) is 2.71. The summed E-state index contributed by atoms with van der Waals surface area (Å²) < 4.78 is 36.7. The second kappa shape index (κ2) is 3.90. The van der Waals surface area contributed by atoms with Crippen molar-refractivity contribution >= 4 is 22.5 Å². The summed E-state index contributed by atoms with van der Waals surface area (Å²) in [7, 11) is 0. The molecule has 0 bridgehead atoms. The standard InChI is InChI=1S/C10H6ClF3N2/c11-8-2-9-7(4-15-5-16-9)1-6(8)3-10(12,13)14/h1-2,4-5H,3H2. The molecule has 2 nitrogen and oxygen atoms in total. The van der Waals surface area contributed by atoms with E-state index in [0.717, 1.165) is 0 Å². The molecule has 2 rings (SSSR count). The molecule has 0 aliphatic rings. The van der Waals surface area contributed by atoms with E-state index in [1.54, 1.807) is 0 Å². The fourth-order valence-corrected chi connectivity index (χ4v) is 1.63. The summed E-state index contributed by atoms with van der Waals surface area (Å²) in [6.45, 7) is 0. The van der Waals surface area contributed by atoms with Gasteiger partial charge in [-0.05, 0) is 17.7 Å². The molecule has 0 N–H and O–H groups in total. The third-order valence-electron chi connectivity index (χ3n) is 2.06. The van der Waals surface area contributed by atoms with Crippen molar-refractivity contribution in [3.8, 4) is 0 Å². The van der Waals surface area contributed by atoms with Crippen LogP contribution in [0.2, 0.25) is 5.02 Å². The first-order chi connectivity index (χ1) is 7.46. The first-order valence-electron chi connectivity index (χ1n) is 4.40. The molecule has 0 fully saturated rings. The van der Waals surface area contributed by atoms with Crippen LogP contribution in [0.5, 0.6) is 0 Å². The molecule has 0 saturated heterocycles. The zero-order valence-electron chi connectivity index (χ0n) is 7.92. The van der Waals surface area contributed by atoms with E-state index in [1.165, 1.54) is 24.7 Å². The summed E-state index contributed by atoms with van der Waals surface area (Å²) in [4.78, 5) is 7.65. The Hall–Kier alpha value is -1.36. The van der Waals surface area contributed by atoms with E-state index in [1.807, 2.05) is 0 Å². The normalized spacial score (nSPS) is 12.0. The van der Waals surface area contributed by atoms with Crippen molar-refractivity contribution in [2.24, 2.45) is 0 Å². The molecular weight excluding hydrogens is 241 g/mol. The SMILES string of the molecule is FC(F)(F)Cc1cc2cncnc2cc1Cl. The van der Waals surface area contributed by atoms with Gasteiger partial charge >= 0.3 is 6.18 Å². The molecule has 0 atom stereocenters. The molecule has 0 unspecified atom stereocenters. The fourth-order valence-electron chi connectivity index (χ4n) is 1.40.